The van der Waals surface area contributed by atoms with Crippen LogP contribution >= 0.6 is 0 Å². The molecule has 3 heterocycles. The summed E-state index contributed by atoms with van der Waals surface area (Å²) in [5.41, 5.74) is 1.01. The number of aromatic amines is 1. The Labute approximate surface area is 145 Å². The summed E-state index contributed by atoms with van der Waals surface area (Å²) in [5.74, 6) is 0.879. The van der Waals surface area contributed by atoms with Gasteiger partial charge in [-0.05, 0) is 18.6 Å². The number of piperazine rings is 1. The largest absolute Gasteiger partial charge is 0.353 e. The van der Waals surface area contributed by atoms with Gasteiger partial charge < -0.3 is 10.6 Å². The van der Waals surface area contributed by atoms with E-state index in [9.17, 15) is 9.59 Å². The van der Waals surface area contributed by atoms with Crippen molar-refractivity contribution in [2.24, 2.45) is 0 Å². The fourth-order valence-corrected chi connectivity index (χ4v) is 2.79. The third kappa shape index (κ3) is 4.60. The van der Waals surface area contributed by atoms with Crippen molar-refractivity contribution in [3.8, 4) is 0 Å². The van der Waals surface area contributed by atoms with Crippen LogP contribution in [0.3, 0.4) is 0 Å². The molecule has 25 heavy (non-hydrogen) atoms. The molecule has 2 aromatic heterocycles. The number of aryl methyl sites for hydroxylation is 1. The smallest absolute Gasteiger partial charge is 0.237 e. The first-order valence-electron chi connectivity index (χ1n) is 8.17. The Morgan fingerprint density at radius 2 is 2.36 bits per heavy atom. The monoisotopic (exact) mass is 343 g/mol. The number of rotatable bonds is 6. The zero-order valence-electron chi connectivity index (χ0n) is 14.0. The van der Waals surface area contributed by atoms with Crippen molar-refractivity contribution in [2.75, 3.05) is 13.1 Å². The summed E-state index contributed by atoms with van der Waals surface area (Å²) >= 11 is 0. The molecule has 1 saturated heterocycles. The highest BCUT2D eigenvalue weighted by atomic mass is 16.2. The van der Waals surface area contributed by atoms with Gasteiger partial charge in [0.05, 0.1) is 19.0 Å². The highest BCUT2D eigenvalue weighted by molar-refractivity contribution is 5.88. The number of carbonyl (C=O) groups is 2. The molecule has 9 heteroatoms. The lowest BCUT2D eigenvalue weighted by atomic mass is 10.1. The minimum absolute atomic E-state index is 0.0928. The molecule has 2 amide bonds. The Bertz CT molecular complexity index is 731. The van der Waals surface area contributed by atoms with E-state index in [4.69, 9.17) is 0 Å². The van der Waals surface area contributed by atoms with Crippen molar-refractivity contribution >= 4 is 11.8 Å². The topological polar surface area (TPSA) is 116 Å². The van der Waals surface area contributed by atoms with Crippen molar-refractivity contribution in [1.82, 2.24) is 35.7 Å². The number of aromatic nitrogens is 4. The molecule has 132 valence electrons. The third-order valence-corrected chi connectivity index (χ3v) is 4.02. The van der Waals surface area contributed by atoms with E-state index in [-0.39, 0.29) is 24.8 Å². The van der Waals surface area contributed by atoms with Crippen LogP contribution in [-0.4, -0.2) is 56.0 Å². The fraction of sp³-hybridized carbons (Fsp3) is 0.438. The number of nitrogens with zero attached hydrogens (tertiary/aromatic N) is 4. The van der Waals surface area contributed by atoms with Crippen LogP contribution in [0.25, 0.3) is 0 Å². The van der Waals surface area contributed by atoms with E-state index in [0.717, 1.165) is 5.56 Å². The zero-order chi connectivity index (χ0) is 17.6. The molecule has 2 aromatic rings. The third-order valence-electron chi connectivity index (χ3n) is 4.02. The van der Waals surface area contributed by atoms with E-state index in [2.05, 4.69) is 30.8 Å². The summed E-state index contributed by atoms with van der Waals surface area (Å²) in [6.45, 7) is 3.88. The first kappa shape index (κ1) is 17.0. The molecule has 0 radical (unpaired) electrons. The number of H-pyrrole nitrogens is 1. The molecule has 0 spiro atoms. The Morgan fingerprint density at radius 1 is 1.48 bits per heavy atom. The number of amides is 2. The van der Waals surface area contributed by atoms with Gasteiger partial charge in [0.1, 0.15) is 5.82 Å². The van der Waals surface area contributed by atoms with Crippen LogP contribution in [0.15, 0.2) is 24.5 Å². The summed E-state index contributed by atoms with van der Waals surface area (Å²) in [4.78, 5) is 34.7. The maximum absolute atomic E-state index is 12.2. The van der Waals surface area contributed by atoms with Crippen molar-refractivity contribution in [1.29, 1.82) is 0 Å². The molecule has 0 saturated carbocycles. The molecule has 1 fully saturated rings. The van der Waals surface area contributed by atoms with Gasteiger partial charge in [-0.2, -0.15) is 5.10 Å². The highest BCUT2D eigenvalue weighted by Gasteiger charge is 2.31. The lowest BCUT2D eigenvalue weighted by Gasteiger charge is -2.34. The molecule has 1 aliphatic heterocycles. The van der Waals surface area contributed by atoms with Crippen LogP contribution in [0.4, 0.5) is 0 Å². The Balaban J connectivity index is 1.58. The maximum Gasteiger partial charge on any atom is 0.237 e. The van der Waals surface area contributed by atoms with Gasteiger partial charge in [-0.25, -0.2) is 4.98 Å². The maximum atomic E-state index is 12.2. The van der Waals surface area contributed by atoms with Crippen LogP contribution in [0, 0.1) is 6.92 Å². The SMILES string of the molecule is Cc1nc(CNC(=O)C[C@H]2C(=O)NCCN2Cc2cccnc2)n[nH]1. The summed E-state index contributed by atoms with van der Waals surface area (Å²) in [5, 5.41) is 12.3. The predicted octanol–water partition coefficient (Wildman–Crippen LogP) is -0.485. The van der Waals surface area contributed by atoms with Crippen LogP contribution in [-0.2, 0) is 22.7 Å². The van der Waals surface area contributed by atoms with Gasteiger partial charge >= 0.3 is 0 Å². The molecule has 3 N–H and O–H groups in total. The quantitative estimate of drug-likeness (QED) is 0.652. The predicted molar refractivity (Wildman–Crippen MR) is 89.0 cm³/mol. The molecular weight excluding hydrogens is 322 g/mol. The van der Waals surface area contributed by atoms with Gasteiger partial charge in [0.15, 0.2) is 5.82 Å². The van der Waals surface area contributed by atoms with Crippen molar-refractivity contribution in [3.05, 3.63) is 41.7 Å². The van der Waals surface area contributed by atoms with Crippen molar-refractivity contribution in [2.45, 2.75) is 32.5 Å². The van der Waals surface area contributed by atoms with Gasteiger partial charge in [-0.15, -0.1) is 0 Å². The van der Waals surface area contributed by atoms with Crippen LogP contribution < -0.4 is 10.6 Å². The van der Waals surface area contributed by atoms with Crippen LogP contribution in [0.5, 0.6) is 0 Å². The second-order valence-electron chi connectivity index (χ2n) is 5.96. The molecule has 1 aliphatic rings. The Kier molecular flexibility index (Phi) is 5.34. The second kappa shape index (κ2) is 7.84. The molecule has 9 nitrogen and oxygen atoms in total. The Morgan fingerprint density at radius 3 is 3.08 bits per heavy atom. The normalized spacial score (nSPS) is 18.0. The number of hydrogen-bond donors (Lipinski definition) is 3. The van der Waals surface area contributed by atoms with Gasteiger partial charge in [-0.1, -0.05) is 6.07 Å². The van der Waals surface area contributed by atoms with E-state index in [1.165, 1.54) is 0 Å². The standard InChI is InChI=1S/C16H21N7O2/c1-11-20-14(22-21-11)9-19-15(24)7-13-16(25)18-5-6-23(13)10-12-3-2-4-17-8-12/h2-4,8,13H,5-7,9-10H2,1H3,(H,18,25)(H,19,24)(H,20,21,22)/t13-/m0/s1. The molecule has 0 unspecified atom stereocenters. The average Bonchev–Trinajstić information content (AvgIpc) is 3.02. The van der Waals surface area contributed by atoms with E-state index in [1.807, 2.05) is 17.0 Å². The van der Waals surface area contributed by atoms with Gasteiger partial charge in [-0.3, -0.25) is 24.6 Å². The minimum atomic E-state index is -0.497. The first-order valence-corrected chi connectivity index (χ1v) is 8.17. The van der Waals surface area contributed by atoms with E-state index in [0.29, 0.717) is 31.3 Å². The first-order chi connectivity index (χ1) is 12.1. The van der Waals surface area contributed by atoms with Gasteiger partial charge in [0.2, 0.25) is 11.8 Å². The Hall–Kier alpha value is -2.81. The molecule has 0 bridgehead atoms. The molecule has 0 aromatic carbocycles. The highest BCUT2D eigenvalue weighted by Crippen LogP contribution is 2.13. The number of pyridine rings is 1. The van der Waals surface area contributed by atoms with E-state index in [1.54, 1.807) is 19.3 Å². The molecule has 1 atom stereocenters. The second-order valence-corrected chi connectivity index (χ2v) is 5.96. The number of hydrogen-bond acceptors (Lipinski definition) is 6. The van der Waals surface area contributed by atoms with Crippen molar-refractivity contribution in [3.63, 3.8) is 0 Å². The van der Waals surface area contributed by atoms with E-state index < -0.39 is 6.04 Å². The molecular formula is C16H21N7O2. The summed E-state index contributed by atoms with van der Waals surface area (Å²) in [6, 6.07) is 3.32. The van der Waals surface area contributed by atoms with Crippen LogP contribution in [0.2, 0.25) is 0 Å². The number of nitrogens with one attached hydrogen (secondary N) is 3. The van der Waals surface area contributed by atoms with Crippen LogP contribution in [0.1, 0.15) is 23.6 Å². The minimum Gasteiger partial charge on any atom is -0.353 e. The van der Waals surface area contributed by atoms with E-state index >= 15 is 0 Å². The average molecular weight is 343 g/mol. The summed E-state index contributed by atoms with van der Waals surface area (Å²) in [6.07, 6.45) is 3.58. The number of carbonyl (C=O) groups excluding carboxylic acids is 2. The summed E-state index contributed by atoms with van der Waals surface area (Å²) < 4.78 is 0. The van der Waals surface area contributed by atoms with Gasteiger partial charge in [0, 0.05) is 32.0 Å². The summed E-state index contributed by atoms with van der Waals surface area (Å²) in [7, 11) is 0. The van der Waals surface area contributed by atoms with Gasteiger partial charge in [0.25, 0.3) is 0 Å². The van der Waals surface area contributed by atoms with Crippen molar-refractivity contribution < 1.29 is 9.59 Å². The fourth-order valence-electron chi connectivity index (χ4n) is 2.79. The lowest BCUT2D eigenvalue weighted by Crippen LogP contribution is -2.56. The molecule has 0 aliphatic carbocycles. The lowest BCUT2D eigenvalue weighted by molar-refractivity contribution is -0.134. The molecule has 3 rings (SSSR count). The zero-order valence-corrected chi connectivity index (χ0v) is 14.0.